The lowest BCUT2D eigenvalue weighted by molar-refractivity contribution is 0.287. The molecule has 0 aromatic heterocycles. The Morgan fingerprint density at radius 2 is 2.06 bits per heavy atom. The number of nitrogens with two attached hydrogens (primary N) is 1. The van der Waals surface area contributed by atoms with Crippen molar-refractivity contribution < 1.29 is 13.2 Å². The minimum atomic E-state index is -3.65. The smallest absolute Gasteiger partial charge is 0.276 e. The Kier molecular flexibility index (Phi) is 4.55. The summed E-state index contributed by atoms with van der Waals surface area (Å²) in [7, 11) is -2.27. The summed E-state index contributed by atoms with van der Waals surface area (Å²) >= 11 is 5.85. The topological polar surface area (TPSA) is 72.6 Å². The van der Waals surface area contributed by atoms with Crippen molar-refractivity contribution in [3.63, 3.8) is 0 Å². The standard InChI is InChI=1S/C9H13ClN2O3S/c1-12(16(11,13)14)6-7-15-9-5-3-2-4-8(9)10/h2-5H,6-7H2,1H3,(H2,11,13,14). The number of para-hydroxylation sites is 1. The number of benzene rings is 1. The van der Waals surface area contributed by atoms with E-state index in [1.54, 1.807) is 24.3 Å². The monoisotopic (exact) mass is 264 g/mol. The molecule has 0 radical (unpaired) electrons. The molecule has 1 aromatic carbocycles. The van der Waals surface area contributed by atoms with Crippen molar-refractivity contribution in [2.24, 2.45) is 5.14 Å². The molecule has 1 rings (SSSR count). The van der Waals surface area contributed by atoms with E-state index in [0.717, 1.165) is 4.31 Å². The van der Waals surface area contributed by atoms with E-state index in [2.05, 4.69) is 0 Å². The van der Waals surface area contributed by atoms with E-state index in [1.165, 1.54) is 7.05 Å². The maximum Gasteiger partial charge on any atom is 0.276 e. The van der Waals surface area contributed by atoms with Crippen LogP contribution < -0.4 is 9.88 Å². The van der Waals surface area contributed by atoms with E-state index < -0.39 is 10.2 Å². The quantitative estimate of drug-likeness (QED) is 0.857. The molecule has 0 saturated heterocycles. The Hall–Kier alpha value is -0.820. The average Bonchev–Trinajstić information content (AvgIpc) is 2.19. The molecule has 90 valence electrons. The van der Waals surface area contributed by atoms with Crippen LogP contribution in [-0.4, -0.2) is 32.9 Å². The van der Waals surface area contributed by atoms with Crippen molar-refractivity contribution in [3.05, 3.63) is 29.3 Å². The molecule has 0 bridgehead atoms. The lowest BCUT2D eigenvalue weighted by Crippen LogP contribution is -2.36. The summed E-state index contributed by atoms with van der Waals surface area (Å²) in [6.07, 6.45) is 0. The second-order valence-corrected chi connectivity index (χ2v) is 5.21. The van der Waals surface area contributed by atoms with Crippen molar-refractivity contribution in [3.8, 4) is 5.75 Å². The van der Waals surface area contributed by atoms with Crippen LogP contribution in [0.2, 0.25) is 5.02 Å². The second kappa shape index (κ2) is 5.49. The van der Waals surface area contributed by atoms with Gasteiger partial charge in [0, 0.05) is 13.6 Å². The third kappa shape index (κ3) is 3.97. The van der Waals surface area contributed by atoms with Crippen molar-refractivity contribution in [1.82, 2.24) is 4.31 Å². The summed E-state index contributed by atoms with van der Waals surface area (Å²) in [5.41, 5.74) is 0. The molecule has 0 aliphatic rings. The zero-order valence-electron chi connectivity index (χ0n) is 8.76. The van der Waals surface area contributed by atoms with Gasteiger partial charge in [-0.05, 0) is 12.1 Å². The third-order valence-electron chi connectivity index (χ3n) is 1.93. The van der Waals surface area contributed by atoms with Gasteiger partial charge in [0.2, 0.25) is 0 Å². The first-order valence-electron chi connectivity index (χ1n) is 4.52. The summed E-state index contributed by atoms with van der Waals surface area (Å²) in [5.74, 6) is 0.520. The van der Waals surface area contributed by atoms with E-state index in [1.807, 2.05) is 0 Å². The maximum atomic E-state index is 10.9. The Bertz CT molecular complexity index is 450. The molecule has 5 nitrogen and oxygen atoms in total. The molecule has 16 heavy (non-hydrogen) atoms. The highest BCUT2D eigenvalue weighted by molar-refractivity contribution is 7.86. The molecule has 0 aliphatic carbocycles. The van der Waals surface area contributed by atoms with E-state index in [0.29, 0.717) is 10.8 Å². The van der Waals surface area contributed by atoms with Gasteiger partial charge in [-0.25, -0.2) is 5.14 Å². The lowest BCUT2D eigenvalue weighted by Gasteiger charge is -2.14. The molecule has 0 aliphatic heterocycles. The molecular weight excluding hydrogens is 252 g/mol. The van der Waals surface area contributed by atoms with Crippen LogP contribution in [0.5, 0.6) is 5.75 Å². The highest BCUT2D eigenvalue weighted by Crippen LogP contribution is 2.22. The van der Waals surface area contributed by atoms with E-state index in [9.17, 15) is 8.42 Å². The van der Waals surface area contributed by atoms with Crippen LogP contribution >= 0.6 is 11.6 Å². The number of hydrogen-bond acceptors (Lipinski definition) is 3. The number of ether oxygens (including phenoxy) is 1. The number of hydrogen-bond donors (Lipinski definition) is 1. The molecule has 1 aromatic rings. The van der Waals surface area contributed by atoms with E-state index in [-0.39, 0.29) is 13.2 Å². The van der Waals surface area contributed by atoms with Crippen LogP contribution in [0.3, 0.4) is 0 Å². The van der Waals surface area contributed by atoms with Crippen molar-refractivity contribution in [2.45, 2.75) is 0 Å². The molecular formula is C9H13ClN2O3S. The van der Waals surface area contributed by atoms with Gasteiger partial charge in [0.15, 0.2) is 0 Å². The number of rotatable bonds is 5. The summed E-state index contributed by atoms with van der Waals surface area (Å²) in [4.78, 5) is 0. The minimum Gasteiger partial charge on any atom is -0.491 e. The highest BCUT2D eigenvalue weighted by atomic mass is 35.5. The molecule has 0 spiro atoms. The van der Waals surface area contributed by atoms with Crippen LogP contribution in [0.25, 0.3) is 0 Å². The Labute approximate surface area is 99.9 Å². The van der Waals surface area contributed by atoms with Crippen LogP contribution in [0, 0.1) is 0 Å². The van der Waals surface area contributed by atoms with Gasteiger partial charge < -0.3 is 4.74 Å². The van der Waals surface area contributed by atoms with Gasteiger partial charge in [-0.3, -0.25) is 0 Å². The first-order chi connectivity index (χ1) is 7.41. The van der Waals surface area contributed by atoms with Gasteiger partial charge in [0.1, 0.15) is 12.4 Å². The predicted octanol–water partition coefficient (Wildman–Crippen LogP) is 0.854. The summed E-state index contributed by atoms with van der Waals surface area (Å²) < 4.78 is 28.0. The number of halogens is 1. The summed E-state index contributed by atoms with van der Waals surface area (Å²) in [6.45, 7) is 0.362. The van der Waals surface area contributed by atoms with Gasteiger partial charge in [0.25, 0.3) is 10.2 Å². The largest absolute Gasteiger partial charge is 0.491 e. The maximum absolute atomic E-state index is 10.9. The number of nitrogens with zero attached hydrogens (tertiary/aromatic N) is 1. The minimum absolute atomic E-state index is 0.171. The first-order valence-corrected chi connectivity index (χ1v) is 6.41. The normalized spacial score (nSPS) is 11.8. The van der Waals surface area contributed by atoms with Crippen molar-refractivity contribution >= 4 is 21.8 Å². The predicted molar refractivity (Wildman–Crippen MR) is 62.7 cm³/mol. The van der Waals surface area contributed by atoms with Crippen LogP contribution in [0.15, 0.2) is 24.3 Å². The molecule has 0 fully saturated rings. The fourth-order valence-electron chi connectivity index (χ4n) is 0.973. The molecule has 7 heteroatoms. The summed E-state index contributed by atoms with van der Waals surface area (Å²) in [5, 5.41) is 5.39. The lowest BCUT2D eigenvalue weighted by atomic mass is 10.3. The van der Waals surface area contributed by atoms with Gasteiger partial charge in [-0.1, -0.05) is 23.7 Å². The molecule has 0 heterocycles. The van der Waals surface area contributed by atoms with Crippen LogP contribution in [0.1, 0.15) is 0 Å². The Morgan fingerprint density at radius 3 is 2.62 bits per heavy atom. The molecule has 0 amide bonds. The highest BCUT2D eigenvalue weighted by Gasteiger charge is 2.11. The zero-order valence-corrected chi connectivity index (χ0v) is 10.3. The Morgan fingerprint density at radius 1 is 1.44 bits per heavy atom. The van der Waals surface area contributed by atoms with Gasteiger partial charge in [0.05, 0.1) is 5.02 Å². The van der Waals surface area contributed by atoms with Crippen LogP contribution in [-0.2, 0) is 10.2 Å². The second-order valence-electron chi connectivity index (χ2n) is 3.15. The van der Waals surface area contributed by atoms with Crippen LogP contribution in [0.4, 0.5) is 0 Å². The third-order valence-corrected chi connectivity index (χ3v) is 3.30. The average molecular weight is 265 g/mol. The molecule has 0 saturated carbocycles. The molecule has 2 N–H and O–H groups in total. The zero-order chi connectivity index (χ0) is 12.2. The van der Waals surface area contributed by atoms with Gasteiger partial charge in [-0.2, -0.15) is 12.7 Å². The van der Waals surface area contributed by atoms with E-state index >= 15 is 0 Å². The SMILES string of the molecule is CN(CCOc1ccccc1Cl)S(N)(=O)=O. The fraction of sp³-hybridized carbons (Fsp3) is 0.333. The molecule has 0 unspecified atom stereocenters. The van der Waals surface area contributed by atoms with Crippen molar-refractivity contribution in [1.29, 1.82) is 0 Å². The summed E-state index contributed by atoms with van der Waals surface area (Å²) in [6, 6.07) is 6.97. The fourth-order valence-corrected chi connectivity index (χ4v) is 1.49. The molecule has 0 atom stereocenters. The van der Waals surface area contributed by atoms with E-state index in [4.69, 9.17) is 21.5 Å². The first kappa shape index (κ1) is 13.2. The van der Waals surface area contributed by atoms with Crippen molar-refractivity contribution in [2.75, 3.05) is 20.2 Å². The Balaban J connectivity index is 2.46. The van der Waals surface area contributed by atoms with Gasteiger partial charge >= 0.3 is 0 Å². The van der Waals surface area contributed by atoms with Gasteiger partial charge in [-0.15, -0.1) is 0 Å². The number of likely N-dealkylation sites (N-methyl/N-ethyl adjacent to an activating group) is 1.